The van der Waals surface area contributed by atoms with Crippen LogP contribution in [-0.2, 0) is 6.42 Å². The summed E-state index contributed by atoms with van der Waals surface area (Å²) in [6.07, 6.45) is -6.40. The minimum absolute atomic E-state index is 0.0806. The summed E-state index contributed by atoms with van der Waals surface area (Å²) in [6, 6.07) is -0.0806. The van der Waals surface area contributed by atoms with Crippen LogP contribution < -0.4 is 0 Å². The Bertz CT molecular complexity index is 321. The van der Waals surface area contributed by atoms with Crippen molar-refractivity contribution in [1.82, 2.24) is 14.8 Å². The molecule has 1 rings (SSSR count). The third-order valence-electron chi connectivity index (χ3n) is 1.89. The average molecular weight is 223 g/mol. The summed E-state index contributed by atoms with van der Waals surface area (Å²) >= 11 is 0. The second kappa shape index (κ2) is 4.18. The summed E-state index contributed by atoms with van der Waals surface area (Å²) in [7, 11) is 0. The SMILES string of the molecule is CC(C)n1ncnc1C[C@H](O)C(F)(F)F. The average Bonchev–Trinajstić information content (AvgIpc) is 2.50. The second-order valence-electron chi connectivity index (χ2n) is 3.48. The van der Waals surface area contributed by atoms with Crippen LogP contribution in [0.25, 0.3) is 0 Å². The molecule has 0 aromatic carbocycles. The van der Waals surface area contributed by atoms with E-state index in [1.165, 1.54) is 11.0 Å². The fourth-order valence-electron chi connectivity index (χ4n) is 1.14. The molecule has 1 aromatic heterocycles. The molecule has 1 atom stereocenters. The predicted molar refractivity (Wildman–Crippen MR) is 46.2 cm³/mol. The molecule has 1 aromatic rings. The van der Waals surface area contributed by atoms with Crippen molar-refractivity contribution in [3.63, 3.8) is 0 Å². The minimum Gasteiger partial charge on any atom is -0.383 e. The van der Waals surface area contributed by atoms with Gasteiger partial charge in [0.05, 0.1) is 0 Å². The Balaban J connectivity index is 2.77. The van der Waals surface area contributed by atoms with Gasteiger partial charge in [-0.15, -0.1) is 0 Å². The van der Waals surface area contributed by atoms with Gasteiger partial charge in [0.2, 0.25) is 0 Å². The van der Waals surface area contributed by atoms with E-state index in [2.05, 4.69) is 10.1 Å². The molecule has 0 unspecified atom stereocenters. The number of nitrogens with zero attached hydrogens (tertiary/aromatic N) is 3. The maximum absolute atomic E-state index is 12.1. The number of rotatable bonds is 3. The van der Waals surface area contributed by atoms with Crippen LogP contribution in [-0.4, -0.2) is 32.2 Å². The number of aliphatic hydroxyl groups is 1. The number of hydrogen-bond acceptors (Lipinski definition) is 3. The fourth-order valence-corrected chi connectivity index (χ4v) is 1.14. The van der Waals surface area contributed by atoms with Crippen molar-refractivity contribution in [1.29, 1.82) is 0 Å². The van der Waals surface area contributed by atoms with E-state index in [1.54, 1.807) is 13.8 Å². The summed E-state index contributed by atoms with van der Waals surface area (Å²) in [5.74, 6) is 0.134. The molecule has 4 nitrogen and oxygen atoms in total. The minimum atomic E-state index is -4.62. The maximum Gasteiger partial charge on any atom is 0.414 e. The fraction of sp³-hybridized carbons (Fsp3) is 0.750. The molecular formula is C8H12F3N3O. The molecule has 0 aliphatic rings. The Morgan fingerprint density at radius 1 is 1.47 bits per heavy atom. The third-order valence-corrected chi connectivity index (χ3v) is 1.89. The Hall–Kier alpha value is -1.11. The maximum atomic E-state index is 12.1. The van der Waals surface area contributed by atoms with Crippen molar-refractivity contribution in [3.05, 3.63) is 12.2 Å². The van der Waals surface area contributed by atoms with Crippen molar-refractivity contribution in [2.45, 2.75) is 38.6 Å². The standard InChI is InChI=1S/C8H12F3N3O/c1-5(2)14-7(12-4-13-14)3-6(15)8(9,10)11/h4-6,15H,3H2,1-2H3/t6-/m0/s1. The van der Waals surface area contributed by atoms with E-state index >= 15 is 0 Å². The molecule has 0 spiro atoms. The van der Waals surface area contributed by atoms with E-state index in [4.69, 9.17) is 5.11 Å². The molecule has 0 amide bonds. The third kappa shape index (κ3) is 2.92. The van der Waals surface area contributed by atoms with Gasteiger partial charge >= 0.3 is 6.18 Å². The zero-order valence-corrected chi connectivity index (χ0v) is 8.36. The van der Waals surface area contributed by atoms with Crippen molar-refractivity contribution < 1.29 is 18.3 Å². The smallest absolute Gasteiger partial charge is 0.383 e. The van der Waals surface area contributed by atoms with Gasteiger partial charge in [0.1, 0.15) is 12.2 Å². The van der Waals surface area contributed by atoms with Crippen LogP contribution in [0.4, 0.5) is 13.2 Å². The largest absolute Gasteiger partial charge is 0.414 e. The van der Waals surface area contributed by atoms with Gasteiger partial charge < -0.3 is 5.11 Å². The molecule has 0 saturated heterocycles. The normalized spacial score (nSPS) is 14.6. The highest BCUT2D eigenvalue weighted by Crippen LogP contribution is 2.22. The topological polar surface area (TPSA) is 50.9 Å². The first kappa shape index (κ1) is 12.0. The molecule has 7 heteroatoms. The lowest BCUT2D eigenvalue weighted by atomic mass is 10.2. The number of aliphatic hydroxyl groups excluding tert-OH is 1. The van der Waals surface area contributed by atoms with Gasteiger partial charge in [0.15, 0.2) is 6.10 Å². The van der Waals surface area contributed by atoms with Crippen LogP contribution in [0.3, 0.4) is 0 Å². The highest BCUT2D eigenvalue weighted by molar-refractivity contribution is 4.90. The zero-order chi connectivity index (χ0) is 11.6. The highest BCUT2D eigenvalue weighted by atomic mass is 19.4. The van der Waals surface area contributed by atoms with E-state index in [-0.39, 0.29) is 11.9 Å². The van der Waals surface area contributed by atoms with Crippen molar-refractivity contribution >= 4 is 0 Å². The first-order valence-corrected chi connectivity index (χ1v) is 4.45. The van der Waals surface area contributed by atoms with Gasteiger partial charge in [0, 0.05) is 12.5 Å². The quantitative estimate of drug-likeness (QED) is 0.840. The summed E-state index contributed by atoms with van der Waals surface area (Å²) in [5, 5.41) is 12.6. The van der Waals surface area contributed by atoms with Crippen molar-refractivity contribution in [3.8, 4) is 0 Å². The Labute approximate surface area is 84.7 Å². The molecule has 0 bridgehead atoms. The molecule has 0 fully saturated rings. The summed E-state index contributed by atoms with van der Waals surface area (Å²) in [4.78, 5) is 3.68. The zero-order valence-electron chi connectivity index (χ0n) is 8.36. The molecule has 0 aliphatic carbocycles. The van der Waals surface area contributed by atoms with Crippen LogP contribution >= 0.6 is 0 Å². The lowest BCUT2D eigenvalue weighted by Gasteiger charge is -2.15. The van der Waals surface area contributed by atoms with Crippen LogP contribution in [0, 0.1) is 0 Å². The Kier molecular flexibility index (Phi) is 3.33. The number of hydrogen-bond donors (Lipinski definition) is 1. The molecule has 1 N–H and O–H groups in total. The summed E-state index contributed by atoms with van der Waals surface area (Å²) < 4.78 is 37.6. The lowest BCUT2D eigenvalue weighted by molar-refractivity contribution is -0.203. The molecule has 86 valence electrons. The molecule has 0 radical (unpaired) electrons. The lowest BCUT2D eigenvalue weighted by Crippen LogP contribution is -2.31. The van der Waals surface area contributed by atoms with E-state index in [0.717, 1.165) is 0 Å². The molecule has 1 heterocycles. The van der Waals surface area contributed by atoms with Crippen LogP contribution in [0.5, 0.6) is 0 Å². The monoisotopic (exact) mass is 223 g/mol. The van der Waals surface area contributed by atoms with Gasteiger partial charge in [-0.3, -0.25) is 0 Å². The van der Waals surface area contributed by atoms with E-state index in [9.17, 15) is 13.2 Å². The Morgan fingerprint density at radius 3 is 2.53 bits per heavy atom. The summed E-state index contributed by atoms with van der Waals surface area (Å²) in [5.41, 5.74) is 0. The molecular weight excluding hydrogens is 211 g/mol. The van der Waals surface area contributed by atoms with E-state index in [1.807, 2.05) is 0 Å². The van der Waals surface area contributed by atoms with Gasteiger partial charge in [-0.1, -0.05) is 0 Å². The predicted octanol–water partition coefficient (Wildman–Crippen LogP) is 1.32. The Morgan fingerprint density at radius 2 is 2.07 bits per heavy atom. The highest BCUT2D eigenvalue weighted by Gasteiger charge is 2.39. The van der Waals surface area contributed by atoms with Gasteiger partial charge in [-0.2, -0.15) is 18.3 Å². The van der Waals surface area contributed by atoms with E-state index < -0.39 is 18.7 Å². The molecule has 0 aliphatic heterocycles. The van der Waals surface area contributed by atoms with Crippen molar-refractivity contribution in [2.24, 2.45) is 0 Å². The van der Waals surface area contributed by atoms with Crippen molar-refractivity contribution in [2.75, 3.05) is 0 Å². The second-order valence-corrected chi connectivity index (χ2v) is 3.48. The number of halogens is 3. The van der Waals surface area contributed by atoms with Gasteiger partial charge in [-0.25, -0.2) is 9.67 Å². The summed E-state index contributed by atoms with van der Waals surface area (Å²) in [6.45, 7) is 3.55. The number of aromatic nitrogens is 3. The van der Waals surface area contributed by atoms with Gasteiger partial charge in [0.25, 0.3) is 0 Å². The number of alkyl halides is 3. The van der Waals surface area contributed by atoms with Crippen LogP contribution in [0.2, 0.25) is 0 Å². The van der Waals surface area contributed by atoms with Crippen LogP contribution in [0.15, 0.2) is 6.33 Å². The first-order valence-electron chi connectivity index (χ1n) is 4.45. The molecule has 15 heavy (non-hydrogen) atoms. The first-order chi connectivity index (χ1) is 6.82. The van der Waals surface area contributed by atoms with Crippen LogP contribution in [0.1, 0.15) is 25.7 Å². The molecule has 0 saturated carbocycles. The van der Waals surface area contributed by atoms with E-state index in [0.29, 0.717) is 0 Å². The van der Waals surface area contributed by atoms with Gasteiger partial charge in [-0.05, 0) is 13.8 Å².